The maximum atomic E-state index is 13.1. The summed E-state index contributed by atoms with van der Waals surface area (Å²) in [5.74, 6) is -1.07. The number of aromatic nitrogens is 1. The topological polar surface area (TPSA) is 79.4 Å². The zero-order valence-corrected chi connectivity index (χ0v) is 17.7. The highest BCUT2D eigenvalue weighted by Crippen LogP contribution is 2.41. The molecule has 1 N–H and O–H groups in total. The monoisotopic (exact) mass is 425 g/mol. The minimum atomic E-state index is -0.292. The molecule has 2 aliphatic rings. The molecule has 0 saturated carbocycles. The number of nitrogens with zero attached hydrogens (tertiary/aromatic N) is 2. The zero-order valence-electron chi connectivity index (χ0n) is 17.7. The summed E-state index contributed by atoms with van der Waals surface area (Å²) in [5, 5.41) is 3.84. The van der Waals surface area contributed by atoms with Crippen LogP contribution in [0.25, 0.3) is 10.9 Å². The van der Waals surface area contributed by atoms with E-state index in [-0.39, 0.29) is 35.5 Å². The van der Waals surface area contributed by atoms with E-state index in [1.807, 2.05) is 43.3 Å². The number of carbonyl (C=O) groups is 3. The van der Waals surface area contributed by atoms with Gasteiger partial charge in [-0.2, -0.15) is 0 Å². The van der Waals surface area contributed by atoms with E-state index in [4.69, 9.17) is 0 Å². The van der Waals surface area contributed by atoms with Crippen LogP contribution in [-0.2, 0) is 9.59 Å². The summed E-state index contributed by atoms with van der Waals surface area (Å²) >= 11 is 0. The number of para-hydroxylation sites is 1. The maximum Gasteiger partial charge on any atom is 0.255 e. The van der Waals surface area contributed by atoms with E-state index in [0.29, 0.717) is 23.4 Å². The second-order valence-corrected chi connectivity index (χ2v) is 8.26. The molecule has 3 atom stereocenters. The molecule has 6 nitrogen and oxygen atoms in total. The Morgan fingerprint density at radius 1 is 1.06 bits per heavy atom. The molecule has 1 saturated heterocycles. The second kappa shape index (κ2) is 8.04. The number of imide groups is 1. The van der Waals surface area contributed by atoms with Crippen molar-refractivity contribution < 1.29 is 14.4 Å². The van der Waals surface area contributed by atoms with Gasteiger partial charge in [0.05, 0.1) is 28.7 Å². The predicted octanol–water partition coefficient (Wildman–Crippen LogP) is 4.58. The van der Waals surface area contributed by atoms with Gasteiger partial charge in [-0.25, -0.2) is 0 Å². The first-order valence-corrected chi connectivity index (χ1v) is 10.9. The number of anilines is 2. The average molecular weight is 425 g/mol. The highest BCUT2D eigenvalue weighted by Gasteiger charge is 2.51. The van der Waals surface area contributed by atoms with Crippen LogP contribution in [0.2, 0.25) is 0 Å². The van der Waals surface area contributed by atoms with E-state index in [1.54, 1.807) is 30.5 Å². The molecule has 2 heterocycles. The van der Waals surface area contributed by atoms with Crippen LogP contribution in [0.15, 0.2) is 72.9 Å². The van der Waals surface area contributed by atoms with Gasteiger partial charge in [-0.15, -0.1) is 0 Å². The summed E-state index contributed by atoms with van der Waals surface area (Å²) in [7, 11) is 0. The van der Waals surface area contributed by atoms with Gasteiger partial charge < -0.3 is 5.32 Å². The van der Waals surface area contributed by atoms with E-state index in [9.17, 15) is 14.4 Å². The molecule has 0 radical (unpaired) electrons. The van der Waals surface area contributed by atoms with Gasteiger partial charge >= 0.3 is 0 Å². The molecule has 3 amide bonds. The van der Waals surface area contributed by atoms with Gasteiger partial charge in [-0.05, 0) is 55.2 Å². The van der Waals surface area contributed by atoms with Crippen molar-refractivity contribution >= 4 is 40.0 Å². The molecule has 1 fully saturated rings. The zero-order chi connectivity index (χ0) is 22.2. The van der Waals surface area contributed by atoms with E-state index in [2.05, 4.69) is 16.4 Å². The molecule has 3 aromatic rings. The number of nitrogens with one attached hydrogen (secondary N) is 1. The summed E-state index contributed by atoms with van der Waals surface area (Å²) in [6.07, 6.45) is 7.19. The lowest BCUT2D eigenvalue weighted by molar-refractivity contribution is -0.122. The third-order valence-electron chi connectivity index (χ3n) is 6.45. The summed E-state index contributed by atoms with van der Waals surface area (Å²) in [6, 6.07) is 16.0. The van der Waals surface area contributed by atoms with Crippen molar-refractivity contribution in [2.24, 2.45) is 17.8 Å². The highest BCUT2D eigenvalue weighted by atomic mass is 16.2. The average Bonchev–Trinajstić information content (AvgIpc) is 3.09. The Labute approximate surface area is 185 Å². The van der Waals surface area contributed by atoms with Crippen LogP contribution < -0.4 is 10.2 Å². The van der Waals surface area contributed by atoms with Crippen molar-refractivity contribution in [2.75, 3.05) is 10.2 Å². The third-order valence-corrected chi connectivity index (χ3v) is 6.45. The first-order chi connectivity index (χ1) is 15.6. The van der Waals surface area contributed by atoms with E-state index in [1.165, 1.54) is 4.90 Å². The van der Waals surface area contributed by atoms with Crippen LogP contribution >= 0.6 is 0 Å². The number of pyridine rings is 1. The van der Waals surface area contributed by atoms with Crippen LogP contribution in [0.1, 0.15) is 30.1 Å². The molecule has 5 rings (SSSR count). The highest BCUT2D eigenvalue weighted by molar-refractivity contribution is 6.22. The number of allylic oxidation sites excluding steroid dienone is 2. The number of rotatable bonds is 4. The molecular formula is C26H23N3O3. The summed E-state index contributed by atoms with van der Waals surface area (Å²) in [6.45, 7) is 2.04. The Kier molecular flexibility index (Phi) is 5.05. The van der Waals surface area contributed by atoms with Crippen molar-refractivity contribution in [1.29, 1.82) is 0 Å². The van der Waals surface area contributed by atoms with Gasteiger partial charge in [0.1, 0.15) is 0 Å². The van der Waals surface area contributed by atoms with Crippen molar-refractivity contribution in [3.63, 3.8) is 0 Å². The van der Waals surface area contributed by atoms with Crippen LogP contribution in [-0.4, -0.2) is 22.7 Å². The molecule has 32 heavy (non-hydrogen) atoms. The van der Waals surface area contributed by atoms with E-state index in [0.717, 1.165) is 17.3 Å². The lowest BCUT2D eigenvalue weighted by Gasteiger charge is -2.24. The fraction of sp³-hybridized carbons (Fsp3) is 0.231. The molecule has 2 aromatic carbocycles. The summed E-state index contributed by atoms with van der Waals surface area (Å²) in [5.41, 5.74) is 2.29. The lowest BCUT2D eigenvalue weighted by atomic mass is 9.76. The van der Waals surface area contributed by atoms with Crippen LogP contribution in [0.5, 0.6) is 0 Å². The summed E-state index contributed by atoms with van der Waals surface area (Å²) in [4.78, 5) is 44.5. The Morgan fingerprint density at radius 2 is 1.84 bits per heavy atom. The predicted molar refractivity (Wildman–Crippen MR) is 123 cm³/mol. The maximum absolute atomic E-state index is 13.1. The van der Waals surface area contributed by atoms with Crippen molar-refractivity contribution in [3.8, 4) is 0 Å². The first-order valence-electron chi connectivity index (χ1n) is 10.9. The molecule has 160 valence electrons. The molecule has 0 spiro atoms. The van der Waals surface area contributed by atoms with Crippen LogP contribution in [0.3, 0.4) is 0 Å². The Morgan fingerprint density at radius 3 is 2.62 bits per heavy atom. The SMILES string of the molecule is CC[C@H]1C=CC[C@@H]2C(=O)N(c3ccc(C(=O)Nc4cccc5cccnc45)cc3)C(=O)[C@H]12. The summed E-state index contributed by atoms with van der Waals surface area (Å²) < 4.78 is 0. The Hall–Kier alpha value is -3.80. The largest absolute Gasteiger partial charge is 0.320 e. The molecule has 1 aliphatic heterocycles. The van der Waals surface area contributed by atoms with Crippen molar-refractivity contribution in [3.05, 3.63) is 78.5 Å². The first kappa shape index (κ1) is 20.1. The quantitative estimate of drug-likeness (QED) is 0.490. The molecule has 1 aromatic heterocycles. The fourth-order valence-electron chi connectivity index (χ4n) is 4.80. The third kappa shape index (κ3) is 3.28. The molecular weight excluding hydrogens is 402 g/mol. The number of benzene rings is 2. The van der Waals surface area contributed by atoms with Crippen molar-refractivity contribution in [1.82, 2.24) is 4.98 Å². The smallest absolute Gasteiger partial charge is 0.255 e. The minimum Gasteiger partial charge on any atom is -0.320 e. The number of hydrogen-bond acceptors (Lipinski definition) is 4. The van der Waals surface area contributed by atoms with Crippen LogP contribution in [0, 0.1) is 17.8 Å². The number of hydrogen-bond donors (Lipinski definition) is 1. The molecule has 6 heteroatoms. The van der Waals surface area contributed by atoms with E-state index >= 15 is 0 Å². The van der Waals surface area contributed by atoms with Crippen molar-refractivity contribution in [2.45, 2.75) is 19.8 Å². The van der Waals surface area contributed by atoms with Gasteiger partial charge in [-0.1, -0.05) is 37.3 Å². The second-order valence-electron chi connectivity index (χ2n) is 8.26. The van der Waals surface area contributed by atoms with Gasteiger partial charge in [0, 0.05) is 17.1 Å². The van der Waals surface area contributed by atoms with Gasteiger partial charge in [0.25, 0.3) is 5.91 Å². The Bertz CT molecular complexity index is 1240. The normalized spacial score (nSPS) is 22.3. The van der Waals surface area contributed by atoms with Gasteiger partial charge in [-0.3, -0.25) is 24.3 Å². The fourth-order valence-corrected chi connectivity index (χ4v) is 4.80. The van der Waals surface area contributed by atoms with Gasteiger partial charge in [0.15, 0.2) is 0 Å². The Balaban J connectivity index is 1.37. The number of fused-ring (bicyclic) bond motifs is 2. The van der Waals surface area contributed by atoms with Crippen LogP contribution in [0.4, 0.5) is 11.4 Å². The number of amides is 3. The standard InChI is InChI=1S/C26H23N3O3/c1-2-16-6-3-9-20-22(16)26(32)29(25(20)31)19-13-11-18(12-14-19)24(30)28-21-10-4-7-17-8-5-15-27-23(17)21/h3-8,10-16,20,22H,2,9H2,1H3,(H,28,30)/t16-,20-,22+/m0/s1. The van der Waals surface area contributed by atoms with Gasteiger partial charge in [0.2, 0.25) is 11.8 Å². The minimum absolute atomic E-state index is 0.0922. The molecule has 0 bridgehead atoms. The lowest BCUT2D eigenvalue weighted by Crippen LogP contribution is -2.32. The molecule has 0 unspecified atom stereocenters. The number of carbonyl (C=O) groups excluding carboxylic acids is 3. The van der Waals surface area contributed by atoms with E-state index < -0.39 is 0 Å². The molecule has 1 aliphatic carbocycles.